The zero-order valence-electron chi connectivity index (χ0n) is 14.1. The van der Waals surface area contributed by atoms with Gasteiger partial charge in [-0.05, 0) is 12.1 Å². The number of nitrogens with one attached hydrogen (secondary N) is 1. The van der Waals surface area contributed by atoms with Crippen LogP contribution in [0.2, 0.25) is 0 Å². The zero-order chi connectivity index (χ0) is 18.5. The molecule has 2 amide bonds. The summed E-state index contributed by atoms with van der Waals surface area (Å²) >= 11 is 0. The van der Waals surface area contributed by atoms with Gasteiger partial charge in [0.05, 0.1) is 18.4 Å². The van der Waals surface area contributed by atoms with E-state index >= 15 is 0 Å². The Labute approximate surface area is 148 Å². The second kappa shape index (κ2) is 7.77. The summed E-state index contributed by atoms with van der Waals surface area (Å²) in [7, 11) is 1.52. The number of nitrogens with zero attached hydrogens (tertiary/aromatic N) is 5. The molecule has 0 unspecified atom stereocenters. The Balaban J connectivity index is 1.55. The fourth-order valence-electron chi connectivity index (χ4n) is 2.41. The Kier molecular flexibility index (Phi) is 5.26. The van der Waals surface area contributed by atoms with Crippen LogP contribution in [-0.4, -0.2) is 37.3 Å². The SMILES string of the molecule is CN(Cc1nccn1C(F)F)C(=O)NCc1cnn(-c2ccccc2)c1. The van der Waals surface area contributed by atoms with Crippen molar-refractivity contribution in [3.8, 4) is 5.69 Å². The van der Waals surface area contributed by atoms with Crippen LogP contribution in [0.3, 0.4) is 0 Å². The summed E-state index contributed by atoms with van der Waals surface area (Å²) in [6.07, 6.45) is 5.95. The number of halogens is 2. The second-order valence-electron chi connectivity index (χ2n) is 5.67. The van der Waals surface area contributed by atoms with Gasteiger partial charge in [-0.15, -0.1) is 0 Å². The zero-order valence-corrected chi connectivity index (χ0v) is 14.1. The van der Waals surface area contributed by atoms with E-state index in [9.17, 15) is 13.6 Å². The van der Waals surface area contributed by atoms with Crippen molar-refractivity contribution in [2.75, 3.05) is 7.05 Å². The van der Waals surface area contributed by atoms with Gasteiger partial charge in [0.1, 0.15) is 5.82 Å². The van der Waals surface area contributed by atoms with Crippen molar-refractivity contribution in [2.45, 2.75) is 19.6 Å². The summed E-state index contributed by atoms with van der Waals surface area (Å²) in [5.41, 5.74) is 1.74. The fraction of sp³-hybridized carbons (Fsp3) is 0.235. The first-order valence-electron chi connectivity index (χ1n) is 7.92. The Morgan fingerprint density at radius 3 is 2.81 bits per heavy atom. The van der Waals surface area contributed by atoms with E-state index in [1.165, 1.54) is 24.3 Å². The van der Waals surface area contributed by atoms with Gasteiger partial charge in [0, 0.05) is 37.7 Å². The molecule has 0 aliphatic carbocycles. The molecule has 0 atom stereocenters. The first-order chi connectivity index (χ1) is 12.5. The Morgan fingerprint density at radius 2 is 2.08 bits per heavy atom. The van der Waals surface area contributed by atoms with E-state index in [-0.39, 0.29) is 24.9 Å². The molecule has 0 saturated carbocycles. The number of hydrogen-bond donors (Lipinski definition) is 1. The van der Waals surface area contributed by atoms with Crippen molar-refractivity contribution >= 4 is 6.03 Å². The topological polar surface area (TPSA) is 68.0 Å². The highest BCUT2D eigenvalue weighted by atomic mass is 19.3. The van der Waals surface area contributed by atoms with Gasteiger partial charge in [-0.1, -0.05) is 18.2 Å². The second-order valence-corrected chi connectivity index (χ2v) is 5.67. The Morgan fingerprint density at radius 1 is 1.31 bits per heavy atom. The number of urea groups is 1. The molecular formula is C17H18F2N6O. The van der Waals surface area contributed by atoms with Crippen LogP contribution in [0.5, 0.6) is 0 Å². The molecule has 2 aromatic heterocycles. The number of rotatable bonds is 6. The number of alkyl halides is 2. The predicted octanol–water partition coefficient (Wildman–Crippen LogP) is 2.81. The van der Waals surface area contributed by atoms with Crippen molar-refractivity contribution in [2.24, 2.45) is 0 Å². The van der Waals surface area contributed by atoms with E-state index in [1.54, 1.807) is 10.9 Å². The Bertz CT molecular complexity index is 861. The molecule has 7 nitrogen and oxygen atoms in total. The Hall–Kier alpha value is -3.23. The van der Waals surface area contributed by atoms with Crippen LogP contribution >= 0.6 is 0 Å². The van der Waals surface area contributed by atoms with E-state index in [2.05, 4.69) is 15.4 Å². The van der Waals surface area contributed by atoms with Crippen LogP contribution in [0.1, 0.15) is 17.9 Å². The first-order valence-corrected chi connectivity index (χ1v) is 7.92. The molecule has 1 N–H and O–H groups in total. The average molecular weight is 360 g/mol. The number of aromatic nitrogens is 4. The maximum atomic E-state index is 12.8. The van der Waals surface area contributed by atoms with Crippen molar-refractivity contribution in [3.63, 3.8) is 0 Å². The predicted molar refractivity (Wildman–Crippen MR) is 90.7 cm³/mol. The van der Waals surface area contributed by atoms with Gasteiger partial charge < -0.3 is 10.2 Å². The van der Waals surface area contributed by atoms with Gasteiger partial charge in [0.25, 0.3) is 0 Å². The van der Waals surface area contributed by atoms with Crippen molar-refractivity contribution in [1.29, 1.82) is 0 Å². The molecule has 1 aromatic carbocycles. The number of carbonyl (C=O) groups is 1. The number of carbonyl (C=O) groups excluding carboxylic acids is 1. The maximum absolute atomic E-state index is 12.8. The largest absolute Gasteiger partial charge is 0.334 e. The molecule has 0 bridgehead atoms. The lowest BCUT2D eigenvalue weighted by Gasteiger charge is -2.18. The summed E-state index contributed by atoms with van der Waals surface area (Å²) in [6.45, 7) is -2.43. The molecule has 3 rings (SSSR count). The number of imidazole rings is 1. The van der Waals surface area contributed by atoms with E-state index in [1.807, 2.05) is 36.5 Å². The monoisotopic (exact) mass is 360 g/mol. The molecule has 26 heavy (non-hydrogen) atoms. The molecule has 2 heterocycles. The minimum atomic E-state index is -2.69. The molecule has 0 aliphatic heterocycles. The molecule has 3 aromatic rings. The summed E-state index contributed by atoms with van der Waals surface area (Å²) in [5, 5.41) is 6.99. The van der Waals surface area contributed by atoms with E-state index < -0.39 is 6.55 Å². The fourth-order valence-corrected chi connectivity index (χ4v) is 2.41. The number of hydrogen-bond acceptors (Lipinski definition) is 3. The summed E-state index contributed by atoms with van der Waals surface area (Å²) in [4.78, 5) is 17.3. The minimum absolute atomic E-state index is 0.0214. The number of para-hydroxylation sites is 1. The van der Waals surface area contributed by atoms with Crippen LogP contribution in [0, 0.1) is 0 Å². The highest BCUT2D eigenvalue weighted by Gasteiger charge is 2.16. The molecule has 0 radical (unpaired) electrons. The average Bonchev–Trinajstić information content (AvgIpc) is 3.29. The normalized spacial score (nSPS) is 10.9. The highest BCUT2D eigenvalue weighted by Crippen LogP contribution is 2.13. The van der Waals surface area contributed by atoms with Crippen LogP contribution in [0.25, 0.3) is 5.69 Å². The lowest BCUT2D eigenvalue weighted by molar-refractivity contribution is 0.0651. The number of amides is 2. The standard InChI is InChI=1S/C17H18F2N6O/c1-23(12-15-20-7-8-24(15)16(18)19)17(26)21-9-13-10-22-25(11-13)14-5-3-2-4-6-14/h2-8,10-11,16H,9,12H2,1H3,(H,21,26). The van der Waals surface area contributed by atoms with Gasteiger partial charge in [0.15, 0.2) is 0 Å². The van der Waals surface area contributed by atoms with Crippen molar-refractivity contribution in [3.05, 3.63) is 66.5 Å². The van der Waals surface area contributed by atoms with E-state index in [0.29, 0.717) is 0 Å². The molecule has 9 heteroatoms. The maximum Gasteiger partial charge on any atom is 0.319 e. The third-order valence-corrected chi connectivity index (χ3v) is 3.78. The van der Waals surface area contributed by atoms with E-state index in [4.69, 9.17) is 0 Å². The van der Waals surface area contributed by atoms with Crippen LogP contribution in [-0.2, 0) is 13.1 Å². The summed E-state index contributed by atoms with van der Waals surface area (Å²) in [6, 6.07) is 9.21. The molecular weight excluding hydrogens is 342 g/mol. The van der Waals surface area contributed by atoms with E-state index in [0.717, 1.165) is 15.8 Å². The van der Waals surface area contributed by atoms with Gasteiger partial charge in [-0.3, -0.25) is 4.57 Å². The third kappa shape index (κ3) is 4.05. The van der Waals surface area contributed by atoms with Gasteiger partial charge in [-0.2, -0.15) is 13.9 Å². The molecule has 0 fully saturated rings. The first kappa shape index (κ1) is 17.6. The smallest absolute Gasteiger partial charge is 0.319 e. The third-order valence-electron chi connectivity index (χ3n) is 3.78. The minimum Gasteiger partial charge on any atom is -0.334 e. The molecule has 136 valence electrons. The quantitative estimate of drug-likeness (QED) is 0.735. The van der Waals surface area contributed by atoms with Gasteiger partial charge >= 0.3 is 12.6 Å². The van der Waals surface area contributed by atoms with Crippen LogP contribution < -0.4 is 5.32 Å². The summed E-state index contributed by atoms with van der Waals surface area (Å²) < 4.78 is 28.1. The molecule has 0 spiro atoms. The van der Waals surface area contributed by atoms with Crippen molar-refractivity contribution in [1.82, 2.24) is 29.5 Å². The lowest BCUT2D eigenvalue weighted by atomic mass is 10.3. The van der Waals surface area contributed by atoms with Crippen LogP contribution in [0.4, 0.5) is 13.6 Å². The van der Waals surface area contributed by atoms with Gasteiger partial charge in [-0.25, -0.2) is 14.5 Å². The summed E-state index contributed by atoms with van der Waals surface area (Å²) in [5.74, 6) is 0.120. The number of benzene rings is 1. The highest BCUT2D eigenvalue weighted by molar-refractivity contribution is 5.73. The van der Waals surface area contributed by atoms with Crippen LogP contribution in [0.15, 0.2) is 55.1 Å². The van der Waals surface area contributed by atoms with Crippen molar-refractivity contribution < 1.29 is 13.6 Å². The molecule has 0 saturated heterocycles. The lowest BCUT2D eigenvalue weighted by Crippen LogP contribution is -2.37. The van der Waals surface area contributed by atoms with Gasteiger partial charge in [0.2, 0.25) is 0 Å². The molecule has 0 aliphatic rings.